The van der Waals surface area contributed by atoms with Crippen molar-refractivity contribution < 1.29 is 22.5 Å². The Labute approximate surface area is 65.1 Å². The molecule has 1 atom stereocenters. The smallest absolute Gasteiger partial charge is 0.304 e. The van der Waals surface area contributed by atoms with Gasteiger partial charge in [-0.05, 0) is 6.42 Å². The van der Waals surface area contributed by atoms with Crippen LogP contribution in [0.4, 0.5) is 0 Å². The minimum absolute atomic E-state index is 0.0401. The van der Waals surface area contributed by atoms with Crippen LogP contribution in [0.15, 0.2) is 0 Å². The molecular formula is C5H10O5S. The Hall–Kier alpha value is -0.620. The van der Waals surface area contributed by atoms with E-state index in [0.717, 1.165) is 6.92 Å². The van der Waals surface area contributed by atoms with Gasteiger partial charge >= 0.3 is 16.1 Å². The van der Waals surface area contributed by atoms with Crippen molar-refractivity contribution in [3.8, 4) is 0 Å². The van der Waals surface area contributed by atoms with Gasteiger partial charge in [0.15, 0.2) is 0 Å². The lowest BCUT2D eigenvalue weighted by Crippen LogP contribution is -2.24. The predicted octanol–water partition coefficient (Wildman–Crippen LogP) is 0.173. The molecule has 0 saturated heterocycles. The molecule has 5 nitrogen and oxygen atoms in total. The van der Waals surface area contributed by atoms with Gasteiger partial charge in [-0.15, -0.1) is 0 Å². The van der Waals surface area contributed by atoms with Gasteiger partial charge in [-0.1, -0.05) is 6.92 Å². The SMILES string of the molecule is CCC(OC(C)=O)S(=O)(=O)O. The zero-order chi connectivity index (χ0) is 9.07. The van der Waals surface area contributed by atoms with Crippen LogP contribution in [-0.4, -0.2) is 24.4 Å². The monoisotopic (exact) mass is 182 g/mol. The Morgan fingerprint density at radius 1 is 1.64 bits per heavy atom. The van der Waals surface area contributed by atoms with E-state index in [9.17, 15) is 13.2 Å². The van der Waals surface area contributed by atoms with E-state index in [1.807, 2.05) is 0 Å². The summed E-state index contributed by atoms with van der Waals surface area (Å²) in [5, 5.41) is 0. The van der Waals surface area contributed by atoms with Crippen LogP contribution >= 0.6 is 0 Å². The molecule has 0 rings (SSSR count). The molecule has 0 aliphatic rings. The van der Waals surface area contributed by atoms with Gasteiger partial charge in [-0.25, -0.2) is 0 Å². The first kappa shape index (κ1) is 10.4. The largest absolute Gasteiger partial charge is 0.444 e. The van der Waals surface area contributed by atoms with E-state index in [2.05, 4.69) is 4.74 Å². The summed E-state index contributed by atoms with van der Waals surface area (Å²) in [4.78, 5) is 10.3. The molecule has 0 spiro atoms. The molecule has 1 N–H and O–H groups in total. The highest BCUT2D eigenvalue weighted by molar-refractivity contribution is 7.86. The summed E-state index contributed by atoms with van der Waals surface area (Å²) in [6.45, 7) is 2.56. The lowest BCUT2D eigenvalue weighted by atomic mass is 10.5. The standard InChI is InChI=1S/C5H10O5S/c1-3-5(10-4(2)6)11(7,8)9/h5H,3H2,1-2H3,(H,7,8,9). The number of rotatable bonds is 3. The summed E-state index contributed by atoms with van der Waals surface area (Å²) in [7, 11) is -4.25. The Bertz CT molecular complexity index is 229. The van der Waals surface area contributed by atoms with Crippen molar-refractivity contribution in [2.24, 2.45) is 0 Å². The summed E-state index contributed by atoms with van der Waals surface area (Å²) in [6, 6.07) is 0. The summed E-state index contributed by atoms with van der Waals surface area (Å²) >= 11 is 0. The summed E-state index contributed by atoms with van der Waals surface area (Å²) in [5.41, 5.74) is -1.43. The minimum atomic E-state index is -4.25. The van der Waals surface area contributed by atoms with Gasteiger partial charge in [0.2, 0.25) is 5.44 Å². The number of carbonyl (C=O) groups is 1. The number of ether oxygens (including phenoxy) is 1. The van der Waals surface area contributed by atoms with Gasteiger partial charge < -0.3 is 4.74 Å². The molecule has 0 amide bonds. The highest BCUT2D eigenvalue weighted by atomic mass is 32.2. The predicted molar refractivity (Wildman–Crippen MR) is 37.4 cm³/mol. The van der Waals surface area contributed by atoms with Crippen molar-refractivity contribution in [1.82, 2.24) is 0 Å². The Morgan fingerprint density at radius 3 is 2.18 bits per heavy atom. The van der Waals surface area contributed by atoms with Gasteiger partial charge in [-0.2, -0.15) is 8.42 Å². The average molecular weight is 182 g/mol. The van der Waals surface area contributed by atoms with Crippen LogP contribution in [0.3, 0.4) is 0 Å². The summed E-state index contributed by atoms with van der Waals surface area (Å²) in [6.07, 6.45) is 0.0401. The van der Waals surface area contributed by atoms with Crippen LogP contribution in [0.5, 0.6) is 0 Å². The zero-order valence-electron chi connectivity index (χ0n) is 6.27. The van der Waals surface area contributed by atoms with Crippen LogP contribution in [0.1, 0.15) is 20.3 Å². The van der Waals surface area contributed by atoms with Gasteiger partial charge in [0.1, 0.15) is 0 Å². The van der Waals surface area contributed by atoms with E-state index in [4.69, 9.17) is 4.55 Å². The van der Waals surface area contributed by atoms with Crippen LogP contribution in [0, 0.1) is 0 Å². The van der Waals surface area contributed by atoms with Gasteiger partial charge in [0, 0.05) is 6.92 Å². The maximum absolute atomic E-state index is 10.4. The van der Waals surface area contributed by atoms with E-state index in [1.165, 1.54) is 6.92 Å². The van der Waals surface area contributed by atoms with Crippen molar-refractivity contribution >= 4 is 16.1 Å². The molecule has 0 aromatic carbocycles. The molecule has 0 heterocycles. The topological polar surface area (TPSA) is 80.7 Å². The van der Waals surface area contributed by atoms with Crippen molar-refractivity contribution in [3.63, 3.8) is 0 Å². The normalized spacial score (nSPS) is 14.1. The highest BCUT2D eigenvalue weighted by Gasteiger charge is 2.23. The number of hydrogen-bond donors (Lipinski definition) is 1. The third-order valence-corrected chi connectivity index (χ3v) is 2.06. The fourth-order valence-corrected chi connectivity index (χ4v) is 1.22. The Balaban J connectivity index is 4.31. The fourth-order valence-electron chi connectivity index (χ4n) is 0.540. The Kier molecular flexibility index (Phi) is 3.47. The van der Waals surface area contributed by atoms with Crippen LogP contribution in [-0.2, 0) is 19.6 Å². The van der Waals surface area contributed by atoms with E-state index in [-0.39, 0.29) is 6.42 Å². The lowest BCUT2D eigenvalue weighted by molar-refractivity contribution is -0.143. The molecule has 1 unspecified atom stereocenters. The second-order valence-corrected chi connectivity index (χ2v) is 3.52. The fraction of sp³-hybridized carbons (Fsp3) is 0.800. The molecule has 11 heavy (non-hydrogen) atoms. The average Bonchev–Trinajstić information content (AvgIpc) is 1.79. The lowest BCUT2D eigenvalue weighted by Gasteiger charge is -2.10. The third-order valence-electron chi connectivity index (χ3n) is 0.963. The number of carbonyl (C=O) groups excluding carboxylic acids is 1. The van der Waals surface area contributed by atoms with E-state index >= 15 is 0 Å². The summed E-state index contributed by atoms with van der Waals surface area (Å²) < 4.78 is 33.5. The third kappa shape index (κ3) is 3.94. The second kappa shape index (κ2) is 3.68. The Morgan fingerprint density at radius 2 is 2.09 bits per heavy atom. The van der Waals surface area contributed by atoms with E-state index in [1.54, 1.807) is 0 Å². The molecule has 6 heteroatoms. The first-order chi connectivity index (χ1) is 4.88. The molecule has 0 saturated carbocycles. The minimum Gasteiger partial charge on any atom is -0.444 e. The number of hydrogen-bond acceptors (Lipinski definition) is 4. The molecular weight excluding hydrogens is 172 g/mol. The van der Waals surface area contributed by atoms with Crippen molar-refractivity contribution in [2.75, 3.05) is 0 Å². The van der Waals surface area contributed by atoms with Crippen LogP contribution in [0.25, 0.3) is 0 Å². The molecule has 66 valence electrons. The van der Waals surface area contributed by atoms with Gasteiger partial charge in [0.25, 0.3) is 0 Å². The molecule has 0 fully saturated rings. The van der Waals surface area contributed by atoms with Crippen molar-refractivity contribution in [1.29, 1.82) is 0 Å². The maximum atomic E-state index is 10.4. The first-order valence-electron chi connectivity index (χ1n) is 3.01. The molecule has 0 aliphatic carbocycles. The van der Waals surface area contributed by atoms with E-state index < -0.39 is 21.5 Å². The molecule has 0 radical (unpaired) electrons. The zero-order valence-corrected chi connectivity index (χ0v) is 7.09. The van der Waals surface area contributed by atoms with Gasteiger partial charge in [0.05, 0.1) is 0 Å². The molecule has 0 aliphatic heterocycles. The van der Waals surface area contributed by atoms with Crippen molar-refractivity contribution in [3.05, 3.63) is 0 Å². The maximum Gasteiger partial charge on any atom is 0.304 e. The quantitative estimate of drug-likeness (QED) is 0.497. The first-order valence-corrected chi connectivity index (χ1v) is 4.51. The van der Waals surface area contributed by atoms with Crippen LogP contribution < -0.4 is 0 Å². The number of esters is 1. The molecule has 0 bridgehead atoms. The second-order valence-electron chi connectivity index (χ2n) is 1.96. The van der Waals surface area contributed by atoms with E-state index in [0.29, 0.717) is 0 Å². The highest BCUT2D eigenvalue weighted by Crippen LogP contribution is 2.05. The van der Waals surface area contributed by atoms with Gasteiger partial charge in [-0.3, -0.25) is 9.35 Å². The van der Waals surface area contributed by atoms with Crippen LogP contribution in [0.2, 0.25) is 0 Å². The summed E-state index contributed by atoms with van der Waals surface area (Å²) in [5.74, 6) is -0.727. The van der Waals surface area contributed by atoms with Crippen molar-refractivity contribution in [2.45, 2.75) is 25.7 Å². The molecule has 0 aromatic heterocycles. The molecule has 0 aromatic rings.